The van der Waals surface area contributed by atoms with Gasteiger partial charge in [-0.2, -0.15) is 0 Å². The highest BCUT2D eigenvalue weighted by molar-refractivity contribution is 6.45. The third-order valence-electron chi connectivity index (χ3n) is 6.11. The van der Waals surface area contributed by atoms with Crippen LogP contribution in [0.4, 0.5) is 10.1 Å². The van der Waals surface area contributed by atoms with Crippen molar-refractivity contribution in [1.82, 2.24) is 4.90 Å². The highest BCUT2D eigenvalue weighted by Crippen LogP contribution is 2.36. The van der Waals surface area contributed by atoms with Gasteiger partial charge in [0.25, 0.3) is 11.8 Å². The molecule has 0 unspecified atom stereocenters. The molecule has 0 radical (unpaired) electrons. The van der Waals surface area contributed by atoms with Crippen molar-refractivity contribution >= 4 is 23.1 Å². The summed E-state index contributed by atoms with van der Waals surface area (Å²) >= 11 is 0. The van der Waals surface area contributed by atoms with Crippen LogP contribution < -0.4 is 4.90 Å². The van der Waals surface area contributed by atoms with Gasteiger partial charge in [-0.3, -0.25) is 9.59 Å². The maximum atomic E-state index is 13.5. The van der Waals surface area contributed by atoms with Gasteiger partial charge in [0.15, 0.2) is 0 Å². The summed E-state index contributed by atoms with van der Waals surface area (Å²) in [5.74, 6) is -0.0554. The van der Waals surface area contributed by atoms with Crippen LogP contribution in [0.15, 0.2) is 54.2 Å². The largest absolute Gasteiger partial charge is 0.366 e. The molecule has 0 N–H and O–H groups in total. The molecule has 0 bridgehead atoms. The van der Waals surface area contributed by atoms with E-state index >= 15 is 0 Å². The predicted molar refractivity (Wildman–Crippen MR) is 116 cm³/mol. The quantitative estimate of drug-likeness (QED) is 0.674. The van der Waals surface area contributed by atoms with Crippen LogP contribution in [0.2, 0.25) is 0 Å². The van der Waals surface area contributed by atoms with Crippen molar-refractivity contribution < 1.29 is 14.0 Å². The third kappa shape index (κ3) is 3.64. The molecule has 0 spiro atoms. The van der Waals surface area contributed by atoms with Crippen molar-refractivity contribution in [2.75, 3.05) is 18.0 Å². The summed E-state index contributed by atoms with van der Waals surface area (Å²) in [6.45, 7) is 7.88. The van der Waals surface area contributed by atoms with E-state index in [1.54, 1.807) is 12.1 Å². The Labute approximate surface area is 177 Å². The van der Waals surface area contributed by atoms with Crippen LogP contribution in [-0.2, 0) is 9.59 Å². The van der Waals surface area contributed by atoms with Gasteiger partial charge < -0.3 is 4.90 Å². The highest BCUT2D eigenvalue weighted by atomic mass is 19.1. The van der Waals surface area contributed by atoms with Gasteiger partial charge in [-0.15, -0.1) is 0 Å². The van der Waals surface area contributed by atoms with Gasteiger partial charge in [-0.05, 0) is 60.1 Å². The second-order valence-corrected chi connectivity index (χ2v) is 8.59. The van der Waals surface area contributed by atoms with Crippen LogP contribution >= 0.6 is 0 Å². The number of hydrogen-bond acceptors (Lipinski definition) is 3. The lowest BCUT2D eigenvalue weighted by Crippen LogP contribution is -2.38. The molecule has 0 saturated carbocycles. The van der Waals surface area contributed by atoms with Gasteiger partial charge >= 0.3 is 0 Å². The summed E-state index contributed by atoms with van der Waals surface area (Å²) in [6.07, 6.45) is 1.95. The summed E-state index contributed by atoms with van der Waals surface area (Å²) in [6, 6.07) is 13.4. The van der Waals surface area contributed by atoms with E-state index in [1.165, 1.54) is 17.0 Å². The van der Waals surface area contributed by atoms with Crippen molar-refractivity contribution in [3.05, 3.63) is 71.2 Å². The number of halogens is 1. The maximum absolute atomic E-state index is 13.5. The zero-order chi connectivity index (χ0) is 21.4. The minimum atomic E-state index is -0.370. The number of benzene rings is 2. The van der Waals surface area contributed by atoms with Crippen molar-refractivity contribution in [2.45, 2.75) is 39.5 Å². The molecule has 0 atom stereocenters. The van der Waals surface area contributed by atoms with Crippen LogP contribution in [0.1, 0.15) is 50.7 Å². The molecule has 2 aromatic carbocycles. The minimum absolute atomic E-state index is 0.300. The second kappa shape index (κ2) is 8.05. The minimum Gasteiger partial charge on any atom is -0.366 e. The molecule has 30 heavy (non-hydrogen) atoms. The Kier molecular flexibility index (Phi) is 5.46. The van der Waals surface area contributed by atoms with Gasteiger partial charge in [-0.1, -0.05) is 45.0 Å². The van der Waals surface area contributed by atoms with Crippen molar-refractivity contribution in [3.63, 3.8) is 0 Å². The standard InChI is InChI=1S/C25H27FN2O2/c1-16(2)18-6-10-21(11-7-18)28-24(29)22(19-4-8-20(26)9-5-19)23(25(28)30)27-14-12-17(3)13-15-27/h4-11,16-17H,12-15H2,1-3H3. The number of anilines is 1. The van der Waals surface area contributed by atoms with Gasteiger partial charge in [0.05, 0.1) is 11.3 Å². The summed E-state index contributed by atoms with van der Waals surface area (Å²) < 4.78 is 13.5. The molecular formula is C25H27FN2O2. The monoisotopic (exact) mass is 406 g/mol. The lowest BCUT2D eigenvalue weighted by atomic mass is 9.97. The Morgan fingerprint density at radius 2 is 1.50 bits per heavy atom. The number of imide groups is 1. The maximum Gasteiger partial charge on any atom is 0.282 e. The first kappa shape index (κ1) is 20.3. The Balaban J connectivity index is 1.76. The Hall–Kier alpha value is -2.95. The Morgan fingerprint density at radius 3 is 2.07 bits per heavy atom. The van der Waals surface area contributed by atoms with Crippen molar-refractivity contribution in [2.24, 2.45) is 5.92 Å². The molecule has 2 aromatic rings. The van der Waals surface area contributed by atoms with E-state index in [9.17, 15) is 14.0 Å². The average Bonchev–Trinajstić information content (AvgIpc) is 2.99. The normalized spacial score (nSPS) is 18.2. The molecule has 4 rings (SSSR count). The Morgan fingerprint density at radius 1 is 0.900 bits per heavy atom. The molecule has 4 nitrogen and oxygen atoms in total. The molecule has 1 fully saturated rings. The van der Waals surface area contributed by atoms with Crippen LogP contribution in [-0.4, -0.2) is 29.8 Å². The van der Waals surface area contributed by atoms with Crippen molar-refractivity contribution in [3.8, 4) is 0 Å². The second-order valence-electron chi connectivity index (χ2n) is 8.59. The van der Waals surface area contributed by atoms with E-state index in [0.29, 0.717) is 34.4 Å². The molecule has 5 heteroatoms. The SMILES string of the molecule is CC1CCN(C2=C(c3ccc(F)cc3)C(=O)N(c3ccc(C(C)C)cc3)C2=O)CC1. The molecule has 2 heterocycles. The molecule has 2 aliphatic rings. The average molecular weight is 407 g/mol. The molecule has 2 amide bonds. The fourth-order valence-corrected chi connectivity index (χ4v) is 4.16. The zero-order valence-electron chi connectivity index (χ0n) is 17.7. The number of piperidine rings is 1. The topological polar surface area (TPSA) is 40.6 Å². The lowest BCUT2D eigenvalue weighted by molar-refractivity contribution is -0.120. The number of carbonyl (C=O) groups excluding carboxylic acids is 2. The van der Waals surface area contributed by atoms with E-state index in [0.717, 1.165) is 31.5 Å². The fraction of sp³-hybridized carbons (Fsp3) is 0.360. The van der Waals surface area contributed by atoms with Crippen LogP contribution in [0, 0.1) is 11.7 Å². The molecule has 2 aliphatic heterocycles. The van der Waals surface area contributed by atoms with Crippen LogP contribution in [0.3, 0.4) is 0 Å². The van der Waals surface area contributed by atoms with E-state index in [4.69, 9.17) is 0 Å². The molecule has 0 aromatic heterocycles. The molecule has 156 valence electrons. The number of nitrogens with zero attached hydrogens (tertiary/aromatic N) is 2. The van der Waals surface area contributed by atoms with E-state index in [-0.39, 0.29) is 17.6 Å². The first-order valence-corrected chi connectivity index (χ1v) is 10.6. The summed E-state index contributed by atoms with van der Waals surface area (Å²) in [5.41, 5.74) is 3.09. The van der Waals surface area contributed by atoms with Gasteiger partial charge in [0.2, 0.25) is 0 Å². The Bertz CT molecular complexity index is 985. The third-order valence-corrected chi connectivity index (χ3v) is 6.11. The van der Waals surface area contributed by atoms with Crippen molar-refractivity contribution in [1.29, 1.82) is 0 Å². The first-order chi connectivity index (χ1) is 14.4. The zero-order valence-corrected chi connectivity index (χ0v) is 17.7. The summed E-state index contributed by atoms with van der Waals surface area (Å²) in [5, 5.41) is 0. The molecule has 0 aliphatic carbocycles. The van der Waals surface area contributed by atoms with E-state index in [2.05, 4.69) is 20.8 Å². The van der Waals surface area contributed by atoms with E-state index < -0.39 is 0 Å². The fourth-order valence-electron chi connectivity index (χ4n) is 4.16. The van der Waals surface area contributed by atoms with Gasteiger partial charge in [0, 0.05) is 13.1 Å². The summed E-state index contributed by atoms with van der Waals surface area (Å²) in [7, 11) is 0. The van der Waals surface area contributed by atoms with Gasteiger partial charge in [-0.25, -0.2) is 9.29 Å². The number of amides is 2. The number of carbonyl (C=O) groups is 2. The predicted octanol–water partition coefficient (Wildman–Crippen LogP) is 4.97. The number of hydrogen-bond donors (Lipinski definition) is 0. The first-order valence-electron chi connectivity index (χ1n) is 10.6. The lowest BCUT2D eigenvalue weighted by Gasteiger charge is -2.32. The smallest absolute Gasteiger partial charge is 0.282 e. The van der Waals surface area contributed by atoms with E-state index in [1.807, 2.05) is 29.2 Å². The van der Waals surface area contributed by atoms with Crippen LogP contribution in [0.5, 0.6) is 0 Å². The molecule has 1 saturated heterocycles. The van der Waals surface area contributed by atoms with Crippen LogP contribution in [0.25, 0.3) is 5.57 Å². The van der Waals surface area contributed by atoms with Gasteiger partial charge in [0.1, 0.15) is 11.5 Å². The summed E-state index contributed by atoms with van der Waals surface area (Å²) in [4.78, 5) is 30.3. The molecular weight excluding hydrogens is 379 g/mol. The highest BCUT2D eigenvalue weighted by Gasteiger charge is 2.42. The number of likely N-dealkylation sites (tertiary alicyclic amines) is 1. The number of rotatable bonds is 4.